The van der Waals surface area contributed by atoms with Gasteiger partial charge in [-0.2, -0.15) is 13.2 Å². The average molecular weight is 564 g/mol. The minimum Gasteiger partial charge on any atom is -0.496 e. The number of esters is 1. The van der Waals surface area contributed by atoms with E-state index >= 15 is 0 Å². The lowest BCUT2D eigenvalue weighted by atomic mass is 9.77. The van der Waals surface area contributed by atoms with Crippen molar-refractivity contribution in [1.29, 1.82) is 0 Å². The molecule has 1 heterocycles. The van der Waals surface area contributed by atoms with E-state index in [1.807, 2.05) is 0 Å². The summed E-state index contributed by atoms with van der Waals surface area (Å²) in [6.45, 7) is 0.973. The molecule has 11 heteroatoms. The Morgan fingerprint density at radius 2 is 1.85 bits per heavy atom. The van der Waals surface area contributed by atoms with Gasteiger partial charge in [0.05, 0.1) is 19.9 Å². The molecule has 0 radical (unpaired) electrons. The number of alkyl halides is 3. The maximum atomic E-state index is 14.6. The van der Waals surface area contributed by atoms with Crippen LogP contribution in [0.3, 0.4) is 0 Å². The van der Waals surface area contributed by atoms with Gasteiger partial charge in [0.15, 0.2) is 12.2 Å². The lowest BCUT2D eigenvalue weighted by Crippen LogP contribution is -2.47. The molecule has 2 unspecified atom stereocenters. The third kappa shape index (κ3) is 4.79. The molecule has 0 spiro atoms. The molecular formula is C28H25ClF3NO6. The van der Waals surface area contributed by atoms with Gasteiger partial charge in [-0.1, -0.05) is 48.9 Å². The standard InChI is InChI=1S/C28H25ClF3NO6/c1-15(27(36,28(30,31)32)17-9-11-22-21(13-17)33(2)24(34)14-39-22)18-10-8-16(12-20(18)29)19-6-5-7-23(37-3)25(19)26(35)38-4/h5-13,15,36H,14H2,1-4H3. The van der Waals surface area contributed by atoms with Gasteiger partial charge in [0.2, 0.25) is 0 Å². The van der Waals surface area contributed by atoms with Crippen LogP contribution < -0.4 is 14.4 Å². The number of anilines is 1. The van der Waals surface area contributed by atoms with E-state index in [9.17, 15) is 27.9 Å². The van der Waals surface area contributed by atoms with Gasteiger partial charge < -0.3 is 24.2 Å². The summed E-state index contributed by atoms with van der Waals surface area (Å²) >= 11 is 6.52. The number of carbonyl (C=O) groups is 2. The third-order valence-corrected chi connectivity index (χ3v) is 7.29. The van der Waals surface area contributed by atoms with Gasteiger partial charge in [0, 0.05) is 23.6 Å². The van der Waals surface area contributed by atoms with Gasteiger partial charge in [0.1, 0.15) is 17.1 Å². The van der Waals surface area contributed by atoms with Gasteiger partial charge in [-0.3, -0.25) is 4.79 Å². The maximum Gasteiger partial charge on any atom is 0.422 e. The van der Waals surface area contributed by atoms with Crippen molar-refractivity contribution in [2.45, 2.75) is 24.6 Å². The van der Waals surface area contributed by atoms with Crippen LogP contribution in [0.4, 0.5) is 18.9 Å². The van der Waals surface area contributed by atoms with Crippen molar-refractivity contribution in [3.8, 4) is 22.6 Å². The SMILES string of the molecule is COC(=O)c1c(OC)cccc1-c1ccc(C(C)C(O)(c2ccc3c(c2)N(C)C(=O)CO3)C(F)(F)F)c(Cl)c1. The zero-order valence-corrected chi connectivity index (χ0v) is 22.2. The minimum absolute atomic E-state index is 0.0150. The number of aliphatic hydroxyl groups is 1. The summed E-state index contributed by atoms with van der Waals surface area (Å²) in [6, 6.07) is 12.6. The summed E-state index contributed by atoms with van der Waals surface area (Å²) in [6.07, 6.45) is -5.12. The fraction of sp³-hybridized carbons (Fsp3) is 0.286. The lowest BCUT2D eigenvalue weighted by molar-refractivity contribution is -0.274. The van der Waals surface area contributed by atoms with E-state index in [-0.39, 0.29) is 39.9 Å². The third-order valence-electron chi connectivity index (χ3n) is 6.96. The molecule has 2 atom stereocenters. The molecule has 4 rings (SSSR count). The second-order valence-corrected chi connectivity index (χ2v) is 9.43. The van der Waals surface area contributed by atoms with Crippen molar-refractivity contribution >= 4 is 29.2 Å². The summed E-state index contributed by atoms with van der Waals surface area (Å²) in [4.78, 5) is 25.7. The zero-order valence-electron chi connectivity index (χ0n) is 21.4. The van der Waals surface area contributed by atoms with Crippen molar-refractivity contribution in [3.63, 3.8) is 0 Å². The molecule has 1 aliphatic heterocycles. The molecule has 7 nitrogen and oxygen atoms in total. The number of nitrogens with zero attached hydrogens (tertiary/aromatic N) is 1. The van der Waals surface area contributed by atoms with Crippen LogP contribution in [0.2, 0.25) is 5.02 Å². The molecule has 3 aromatic rings. The van der Waals surface area contributed by atoms with Crippen LogP contribution in [0.5, 0.6) is 11.5 Å². The lowest BCUT2D eigenvalue weighted by Gasteiger charge is -2.38. The number of halogens is 4. The van der Waals surface area contributed by atoms with Crippen LogP contribution in [-0.4, -0.2) is 51.0 Å². The molecule has 0 saturated heterocycles. The van der Waals surface area contributed by atoms with Crippen LogP contribution in [0.15, 0.2) is 54.6 Å². The highest BCUT2D eigenvalue weighted by Gasteiger charge is 2.59. The van der Waals surface area contributed by atoms with Crippen LogP contribution in [0.25, 0.3) is 11.1 Å². The van der Waals surface area contributed by atoms with Crippen LogP contribution in [0, 0.1) is 0 Å². The van der Waals surface area contributed by atoms with E-state index in [4.69, 9.17) is 25.8 Å². The van der Waals surface area contributed by atoms with Crippen molar-refractivity contribution in [2.24, 2.45) is 0 Å². The molecular weight excluding hydrogens is 539 g/mol. The number of carbonyl (C=O) groups excluding carboxylic acids is 2. The van der Waals surface area contributed by atoms with E-state index in [1.54, 1.807) is 18.2 Å². The summed E-state index contributed by atoms with van der Waals surface area (Å²) in [5.74, 6) is -2.21. The first-order valence-corrected chi connectivity index (χ1v) is 12.1. The molecule has 0 aliphatic carbocycles. The zero-order chi connectivity index (χ0) is 28.7. The van der Waals surface area contributed by atoms with Gasteiger partial charge >= 0.3 is 12.1 Å². The highest BCUT2D eigenvalue weighted by molar-refractivity contribution is 6.31. The molecule has 0 saturated carbocycles. The second-order valence-electron chi connectivity index (χ2n) is 9.02. The number of hydrogen-bond acceptors (Lipinski definition) is 6. The van der Waals surface area contributed by atoms with Crippen LogP contribution >= 0.6 is 11.6 Å². The number of likely N-dealkylation sites (N-methyl/N-ethyl adjacent to an activating group) is 1. The number of methoxy groups -OCH3 is 2. The largest absolute Gasteiger partial charge is 0.496 e. The van der Waals surface area contributed by atoms with Crippen molar-refractivity contribution in [2.75, 3.05) is 32.8 Å². The van der Waals surface area contributed by atoms with Crippen LogP contribution in [-0.2, 0) is 15.1 Å². The number of rotatable bonds is 6. The summed E-state index contributed by atoms with van der Waals surface area (Å²) in [5.41, 5.74) is -2.78. The van der Waals surface area contributed by atoms with Gasteiger partial charge in [0.25, 0.3) is 5.91 Å². The number of hydrogen-bond donors (Lipinski definition) is 1. The first kappa shape index (κ1) is 28.3. The molecule has 0 aromatic heterocycles. The molecule has 206 valence electrons. The fourth-order valence-corrected chi connectivity index (χ4v) is 5.04. The summed E-state index contributed by atoms with van der Waals surface area (Å²) in [5, 5.41) is 11.3. The smallest absolute Gasteiger partial charge is 0.422 e. The van der Waals surface area contributed by atoms with Gasteiger partial charge in [-0.05, 0) is 41.0 Å². The number of fused-ring (bicyclic) bond motifs is 1. The second kappa shape index (κ2) is 10.4. The molecule has 0 fully saturated rings. The molecule has 1 N–H and O–H groups in total. The summed E-state index contributed by atoms with van der Waals surface area (Å²) < 4.78 is 59.3. The Labute approximate surface area is 227 Å². The topological polar surface area (TPSA) is 85.3 Å². The number of ether oxygens (including phenoxy) is 3. The Bertz CT molecular complexity index is 1440. The van der Waals surface area contributed by atoms with E-state index in [2.05, 4.69) is 0 Å². The predicted molar refractivity (Wildman–Crippen MR) is 138 cm³/mol. The van der Waals surface area contributed by atoms with Crippen LogP contribution in [0.1, 0.15) is 34.3 Å². The van der Waals surface area contributed by atoms with E-state index < -0.39 is 35.1 Å². The van der Waals surface area contributed by atoms with Gasteiger partial charge in [-0.25, -0.2) is 4.79 Å². The number of benzene rings is 3. The van der Waals surface area contributed by atoms with Crippen molar-refractivity contribution in [3.05, 3.63) is 76.3 Å². The Hall–Kier alpha value is -3.76. The maximum absolute atomic E-state index is 14.6. The molecule has 1 amide bonds. The quantitative estimate of drug-likeness (QED) is 0.387. The first-order valence-electron chi connectivity index (χ1n) is 11.7. The Morgan fingerprint density at radius 3 is 2.46 bits per heavy atom. The van der Waals surface area contributed by atoms with Crippen molar-refractivity contribution < 1.29 is 42.1 Å². The fourth-order valence-electron chi connectivity index (χ4n) is 4.69. The Balaban J connectivity index is 1.81. The van der Waals surface area contributed by atoms with Crippen molar-refractivity contribution in [1.82, 2.24) is 0 Å². The minimum atomic E-state index is -5.12. The summed E-state index contributed by atoms with van der Waals surface area (Å²) in [7, 11) is 4.02. The number of amides is 1. The highest BCUT2D eigenvalue weighted by atomic mass is 35.5. The molecule has 1 aliphatic rings. The normalized spacial score (nSPS) is 15.6. The Kier molecular flexibility index (Phi) is 7.55. The van der Waals surface area contributed by atoms with E-state index in [0.717, 1.165) is 12.1 Å². The monoisotopic (exact) mass is 563 g/mol. The average Bonchev–Trinajstić information content (AvgIpc) is 2.92. The van der Waals surface area contributed by atoms with E-state index in [1.165, 1.54) is 57.4 Å². The highest BCUT2D eigenvalue weighted by Crippen LogP contribution is 2.51. The predicted octanol–water partition coefficient (Wildman–Crippen LogP) is 5.71. The molecule has 0 bridgehead atoms. The Morgan fingerprint density at radius 1 is 1.13 bits per heavy atom. The first-order chi connectivity index (χ1) is 18.3. The molecule has 39 heavy (non-hydrogen) atoms. The van der Waals surface area contributed by atoms with Gasteiger partial charge in [-0.15, -0.1) is 0 Å². The van der Waals surface area contributed by atoms with E-state index in [0.29, 0.717) is 11.1 Å². The molecule has 3 aromatic carbocycles.